The summed E-state index contributed by atoms with van der Waals surface area (Å²) in [7, 11) is 0. The highest BCUT2D eigenvalue weighted by Crippen LogP contribution is 2.47. The van der Waals surface area contributed by atoms with Crippen molar-refractivity contribution in [1.82, 2.24) is 19.4 Å². The highest BCUT2D eigenvalue weighted by molar-refractivity contribution is 5.78. The molecule has 2 aliphatic heterocycles. The van der Waals surface area contributed by atoms with Crippen LogP contribution in [0.2, 0.25) is 0 Å². The van der Waals surface area contributed by atoms with Crippen molar-refractivity contribution in [3.05, 3.63) is 59.2 Å². The zero-order valence-corrected chi connectivity index (χ0v) is 22.7. The molecule has 5 atom stereocenters. The highest BCUT2D eigenvalue weighted by atomic mass is 16.6. The summed E-state index contributed by atoms with van der Waals surface area (Å²) in [5.41, 5.74) is -0.509. The van der Waals surface area contributed by atoms with Crippen molar-refractivity contribution >= 4 is 17.1 Å². The van der Waals surface area contributed by atoms with E-state index in [4.69, 9.17) is 9.47 Å². The average Bonchev–Trinajstić information content (AvgIpc) is 3.36. The number of ether oxygens (including phenoxy) is 2. The van der Waals surface area contributed by atoms with Crippen LogP contribution in [-0.4, -0.2) is 70.8 Å². The van der Waals surface area contributed by atoms with Crippen molar-refractivity contribution in [2.45, 2.75) is 89.7 Å². The summed E-state index contributed by atoms with van der Waals surface area (Å²) < 4.78 is 13.5. The van der Waals surface area contributed by atoms with Gasteiger partial charge in [0.25, 0.3) is 0 Å². The van der Waals surface area contributed by atoms with Crippen LogP contribution in [0.25, 0.3) is 11.0 Å². The van der Waals surface area contributed by atoms with Crippen LogP contribution in [0, 0.1) is 6.92 Å². The Morgan fingerprint density at radius 2 is 1.95 bits per heavy atom. The first-order valence-electron chi connectivity index (χ1n) is 12.9. The van der Waals surface area contributed by atoms with Gasteiger partial charge < -0.3 is 34.3 Å². The number of fused-ring (bicyclic) bond motifs is 2. The van der Waals surface area contributed by atoms with Crippen molar-refractivity contribution in [1.29, 1.82) is 0 Å². The van der Waals surface area contributed by atoms with Gasteiger partial charge in [0.15, 0.2) is 6.23 Å². The molecular formula is C28H36N4O6. The third-order valence-corrected chi connectivity index (χ3v) is 7.64. The number of aliphatic hydroxyl groups is 3. The van der Waals surface area contributed by atoms with E-state index in [9.17, 15) is 20.1 Å². The van der Waals surface area contributed by atoms with Gasteiger partial charge in [0, 0.05) is 24.7 Å². The molecule has 0 radical (unpaired) electrons. The minimum atomic E-state index is -1.81. The van der Waals surface area contributed by atoms with E-state index in [1.807, 2.05) is 45.9 Å². The van der Waals surface area contributed by atoms with Crippen molar-refractivity contribution < 1.29 is 29.6 Å². The summed E-state index contributed by atoms with van der Waals surface area (Å²) in [6.07, 6.45) is -0.202. The summed E-state index contributed by atoms with van der Waals surface area (Å²) in [4.78, 5) is 23.0. The molecule has 10 heteroatoms. The van der Waals surface area contributed by atoms with Crippen LogP contribution < -0.4 is 0 Å². The van der Waals surface area contributed by atoms with Gasteiger partial charge in [-0.05, 0) is 70.7 Å². The lowest BCUT2D eigenvalue weighted by Crippen LogP contribution is -2.54. The maximum absolute atomic E-state index is 12.8. The van der Waals surface area contributed by atoms with Crippen LogP contribution in [0.3, 0.4) is 0 Å². The van der Waals surface area contributed by atoms with Crippen LogP contribution in [0.1, 0.15) is 63.2 Å². The summed E-state index contributed by atoms with van der Waals surface area (Å²) in [5, 5.41) is 35.6. The Morgan fingerprint density at radius 1 is 1.21 bits per heavy atom. The third-order valence-electron chi connectivity index (χ3n) is 7.64. The van der Waals surface area contributed by atoms with E-state index in [1.54, 1.807) is 28.7 Å². The fourth-order valence-electron chi connectivity index (χ4n) is 5.70. The second kappa shape index (κ2) is 9.01. The molecule has 3 N–H and O–H groups in total. The zero-order valence-electron chi connectivity index (χ0n) is 22.7. The first kappa shape index (κ1) is 26.6. The first-order chi connectivity index (χ1) is 17.7. The van der Waals surface area contributed by atoms with Crippen molar-refractivity contribution in [3.8, 4) is 0 Å². The van der Waals surface area contributed by atoms with E-state index >= 15 is 0 Å². The van der Waals surface area contributed by atoms with Gasteiger partial charge in [-0.2, -0.15) is 0 Å². The summed E-state index contributed by atoms with van der Waals surface area (Å²) in [5.74, 6) is 0. The molecule has 10 nitrogen and oxygen atoms in total. The smallest absolute Gasteiger partial charge is 0.410 e. The SMILES string of the molecule is Cc1ncnc2c1ccn2[C@@H]1O[C@H]([C@](C)(O)c2cccc3c2CN(C(=O)OC(C)(C)C)CC3)[C@@](C)(O)[C@H]1O. The zero-order chi connectivity index (χ0) is 27.6. The molecule has 0 bridgehead atoms. The van der Waals surface area contributed by atoms with Crippen LogP contribution in [-0.2, 0) is 28.0 Å². The molecule has 0 unspecified atom stereocenters. The summed E-state index contributed by atoms with van der Waals surface area (Å²) >= 11 is 0. The molecule has 1 saturated heterocycles. The second-order valence-electron chi connectivity index (χ2n) is 11.7. The van der Waals surface area contributed by atoms with Gasteiger partial charge in [-0.1, -0.05) is 18.2 Å². The van der Waals surface area contributed by atoms with E-state index in [0.717, 1.165) is 22.2 Å². The normalized spacial score (nSPS) is 27.3. The lowest BCUT2D eigenvalue weighted by Gasteiger charge is -2.40. The quantitative estimate of drug-likeness (QED) is 0.477. The fourth-order valence-corrected chi connectivity index (χ4v) is 5.70. The van der Waals surface area contributed by atoms with E-state index in [2.05, 4.69) is 9.97 Å². The number of aliphatic hydroxyl groups excluding tert-OH is 1. The van der Waals surface area contributed by atoms with E-state index in [-0.39, 0.29) is 6.54 Å². The molecule has 1 amide bonds. The third kappa shape index (κ3) is 4.35. The molecule has 1 aromatic carbocycles. The van der Waals surface area contributed by atoms with E-state index in [0.29, 0.717) is 24.2 Å². The van der Waals surface area contributed by atoms with Gasteiger partial charge >= 0.3 is 6.09 Å². The van der Waals surface area contributed by atoms with Crippen LogP contribution in [0.5, 0.6) is 0 Å². The minimum Gasteiger partial charge on any atom is -0.444 e. The topological polar surface area (TPSA) is 130 Å². The van der Waals surface area contributed by atoms with Gasteiger partial charge in [0.1, 0.15) is 41.0 Å². The Bertz CT molecular complexity index is 1380. The maximum Gasteiger partial charge on any atom is 0.410 e. The highest BCUT2D eigenvalue weighted by Gasteiger charge is 2.60. The van der Waals surface area contributed by atoms with Crippen molar-refractivity contribution in [2.75, 3.05) is 6.54 Å². The molecular weight excluding hydrogens is 488 g/mol. The molecule has 4 heterocycles. The molecule has 2 aliphatic rings. The Kier molecular flexibility index (Phi) is 6.30. The lowest BCUT2D eigenvalue weighted by atomic mass is 9.77. The predicted molar refractivity (Wildman–Crippen MR) is 139 cm³/mol. The standard InChI is InChI=1S/C28H36N4O6/c1-16-18-11-13-32(22(18)30-15-29-16)23-21(33)28(6,36)24(37-23)27(5,35)20-9-7-8-17-10-12-31(14-19(17)20)25(34)38-26(2,3)4/h7-9,11,13,15,21,23-24,33,35-36H,10,12,14H2,1-6H3/t21-,23+,24+,27+,28-/m0/s1. The summed E-state index contributed by atoms with van der Waals surface area (Å²) in [6, 6.07) is 7.43. The maximum atomic E-state index is 12.8. The van der Waals surface area contributed by atoms with Gasteiger partial charge in [0.2, 0.25) is 0 Å². The number of nitrogens with zero attached hydrogens (tertiary/aromatic N) is 4. The number of amides is 1. The van der Waals surface area contributed by atoms with Crippen LogP contribution in [0.4, 0.5) is 4.79 Å². The van der Waals surface area contributed by atoms with Gasteiger partial charge in [-0.15, -0.1) is 0 Å². The van der Waals surface area contributed by atoms with Gasteiger partial charge in [0.05, 0.1) is 5.69 Å². The predicted octanol–water partition coefficient (Wildman–Crippen LogP) is 2.95. The molecule has 0 saturated carbocycles. The number of aromatic nitrogens is 3. The number of carbonyl (C=O) groups is 1. The van der Waals surface area contributed by atoms with Gasteiger partial charge in [-0.3, -0.25) is 0 Å². The molecule has 204 valence electrons. The minimum absolute atomic E-state index is 0.246. The Morgan fingerprint density at radius 3 is 2.66 bits per heavy atom. The monoisotopic (exact) mass is 524 g/mol. The molecule has 0 spiro atoms. The largest absolute Gasteiger partial charge is 0.444 e. The fraction of sp³-hybridized carbons (Fsp3) is 0.536. The molecule has 3 aromatic rings. The Balaban J connectivity index is 1.49. The molecule has 2 aromatic heterocycles. The van der Waals surface area contributed by atoms with Crippen molar-refractivity contribution in [3.63, 3.8) is 0 Å². The van der Waals surface area contributed by atoms with E-state index in [1.165, 1.54) is 13.3 Å². The van der Waals surface area contributed by atoms with E-state index < -0.39 is 41.3 Å². The number of hydrogen-bond donors (Lipinski definition) is 3. The molecule has 38 heavy (non-hydrogen) atoms. The van der Waals surface area contributed by atoms with Crippen LogP contribution >= 0.6 is 0 Å². The summed E-state index contributed by atoms with van der Waals surface area (Å²) in [6.45, 7) is 11.1. The molecule has 5 rings (SSSR count). The van der Waals surface area contributed by atoms with Gasteiger partial charge in [-0.25, -0.2) is 14.8 Å². The average molecular weight is 525 g/mol. The second-order valence-corrected chi connectivity index (χ2v) is 11.7. The first-order valence-corrected chi connectivity index (χ1v) is 12.9. The number of hydrogen-bond acceptors (Lipinski definition) is 8. The van der Waals surface area contributed by atoms with Crippen LogP contribution in [0.15, 0.2) is 36.8 Å². The molecule has 1 fully saturated rings. The number of carbonyl (C=O) groups excluding carboxylic acids is 1. The molecule has 0 aliphatic carbocycles. The number of rotatable bonds is 3. The number of aryl methyl sites for hydroxylation is 1. The lowest BCUT2D eigenvalue weighted by molar-refractivity contribution is -0.162. The Labute approximate surface area is 221 Å². The number of benzene rings is 1. The van der Waals surface area contributed by atoms with Crippen molar-refractivity contribution in [2.24, 2.45) is 0 Å². The Hall–Kier alpha value is -3.05.